The second-order valence-electron chi connectivity index (χ2n) is 15.0. The number of nitrogens with zero attached hydrogens (tertiary/aromatic N) is 4. The fraction of sp³-hybridized carbons (Fsp3) is 0.0182. The Morgan fingerprint density at radius 1 is 0.373 bits per heavy atom. The lowest BCUT2D eigenvalue weighted by molar-refractivity contribution is 1.10. The maximum Gasteiger partial charge on any atom is 0.0541 e. The number of allylic oxidation sites excluding steroid dienone is 1. The molecule has 3 aromatic heterocycles. The Kier molecular flexibility index (Phi) is 8.16. The van der Waals surface area contributed by atoms with Crippen molar-refractivity contribution in [3.05, 3.63) is 218 Å². The SMILES string of the molecule is C=Cc1c(/C=C\C)c2ccccc2n1-c1ccc(N(c2ccc(-n3c4ccccc4c4ccccc43)cc2)c2ccc(-n3c4ccccc4c4ccccc43)cc2)cc1. The summed E-state index contributed by atoms with van der Waals surface area (Å²) in [6.07, 6.45) is 6.24. The number of fused-ring (bicyclic) bond motifs is 7. The molecule has 0 amide bonds. The van der Waals surface area contributed by atoms with E-state index < -0.39 is 0 Å². The van der Waals surface area contributed by atoms with Crippen molar-refractivity contribution in [3.63, 3.8) is 0 Å². The van der Waals surface area contributed by atoms with Gasteiger partial charge in [0.2, 0.25) is 0 Å². The van der Waals surface area contributed by atoms with Crippen LogP contribution in [0.4, 0.5) is 17.1 Å². The lowest BCUT2D eigenvalue weighted by Gasteiger charge is -2.26. The van der Waals surface area contributed by atoms with Gasteiger partial charge in [0.15, 0.2) is 0 Å². The summed E-state index contributed by atoms with van der Waals surface area (Å²) in [5, 5.41) is 6.23. The van der Waals surface area contributed by atoms with Crippen LogP contribution in [0.1, 0.15) is 18.2 Å². The van der Waals surface area contributed by atoms with E-state index in [4.69, 9.17) is 0 Å². The van der Waals surface area contributed by atoms with Crippen LogP contribution in [0.5, 0.6) is 0 Å². The van der Waals surface area contributed by atoms with Crippen LogP contribution in [0.3, 0.4) is 0 Å². The smallest absolute Gasteiger partial charge is 0.0541 e. The maximum absolute atomic E-state index is 4.23. The number of benzene rings is 8. The van der Waals surface area contributed by atoms with E-state index in [-0.39, 0.29) is 0 Å². The third-order valence-electron chi connectivity index (χ3n) is 11.7. The van der Waals surface area contributed by atoms with Gasteiger partial charge in [-0.3, -0.25) is 0 Å². The van der Waals surface area contributed by atoms with Gasteiger partial charge in [-0.1, -0.05) is 110 Å². The monoisotopic (exact) mass is 756 g/mol. The van der Waals surface area contributed by atoms with Gasteiger partial charge in [-0.2, -0.15) is 0 Å². The first-order chi connectivity index (χ1) is 29.2. The molecule has 0 saturated carbocycles. The third-order valence-corrected chi connectivity index (χ3v) is 11.7. The Labute approximate surface area is 343 Å². The van der Waals surface area contributed by atoms with Gasteiger partial charge < -0.3 is 18.6 Å². The summed E-state index contributed by atoms with van der Waals surface area (Å²) in [7, 11) is 0. The first kappa shape index (κ1) is 34.4. The highest BCUT2D eigenvalue weighted by atomic mass is 15.1. The lowest BCUT2D eigenvalue weighted by Crippen LogP contribution is -2.10. The number of rotatable bonds is 8. The van der Waals surface area contributed by atoms with Crippen molar-refractivity contribution in [2.24, 2.45) is 0 Å². The van der Waals surface area contributed by atoms with Gasteiger partial charge in [0.1, 0.15) is 0 Å². The van der Waals surface area contributed by atoms with E-state index in [0.717, 1.165) is 45.3 Å². The van der Waals surface area contributed by atoms with E-state index >= 15 is 0 Å². The molecule has 59 heavy (non-hydrogen) atoms. The number of hydrogen-bond acceptors (Lipinski definition) is 1. The molecule has 0 saturated heterocycles. The molecule has 4 heteroatoms. The van der Waals surface area contributed by atoms with Crippen LogP contribution in [0.2, 0.25) is 0 Å². The molecule has 4 nitrogen and oxygen atoms in total. The molecule has 0 aliphatic carbocycles. The van der Waals surface area contributed by atoms with E-state index in [1.54, 1.807) is 0 Å². The van der Waals surface area contributed by atoms with Crippen molar-refractivity contribution in [1.29, 1.82) is 0 Å². The van der Waals surface area contributed by atoms with E-state index in [1.807, 2.05) is 6.08 Å². The van der Waals surface area contributed by atoms with Crippen molar-refractivity contribution in [1.82, 2.24) is 13.7 Å². The van der Waals surface area contributed by atoms with Crippen molar-refractivity contribution in [2.75, 3.05) is 4.90 Å². The van der Waals surface area contributed by atoms with Crippen LogP contribution in [-0.4, -0.2) is 13.7 Å². The van der Waals surface area contributed by atoms with Gasteiger partial charge in [-0.05, 0) is 116 Å². The molecular weight excluding hydrogens is 717 g/mol. The molecule has 280 valence electrons. The topological polar surface area (TPSA) is 18.0 Å². The Balaban J connectivity index is 1.05. The largest absolute Gasteiger partial charge is 0.310 e. The van der Waals surface area contributed by atoms with E-state index in [2.05, 4.69) is 238 Å². The lowest BCUT2D eigenvalue weighted by atomic mass is 10.1. The quantitative estimate of drug-likeness (QED) is 0.151. The van der Waals surface area contributed by atoms with Gasteiger partial charge in [0, 0.05) is 66.6 Å². The summed E-state index contributed by atoms with van der Waals surface area (Å²) in [6, 6.07) is 70.1. The van der Waals surface area contributed by atoms with E-state index in [0.29, 0.717) is 0 Å². The van der Waals surface area contributed by atoms with E-state index in [1.165, 1.54) is 54.6 Å². The average Bonchev–Trinajstić information content (AvgIpc) is 3.93. The molecular formula is C55H40N4. The van der Waals surface area contributed by atoms with Gasteiger partial charge in [0.25, 0.3) is 0 Å². The predicted octanol–water partition coefficient (Wildman–Crippen LogP) is 15.0. The molecule has 0 aliphatic heterocycles. The molecule has 11 aromatic rings. The second-order valence-corrected chi connectivity index (χ2v) is 15.0. The number of para-hydroxylation sites is 5. The minimum atomic E-state index is 1.06. The Morgan fingerprint density at radius 3 is 1.02 bits per heavy atom. The summed E-state index contributed by atoms with van der Waals surface area (Å²) in [6.45, 7) is 6.29. The zero-order chi connectivity index (χ0) is 39.5. The Bertz CT molecular complexity index is 3130. The van der Waals surface area contributed by atoms with Crippen LogP contribution in [0, 0.1) is 0 Å². The standard InChI is InChI=1S/C55H40N4/c1-3-15-44-45-16-5-10-21-51(45)57(50(44)4-2)41-32-26-38(27-33-41)56(39-28-34-42(35-29-39)58-52-22-11-6-17-46(52)47-18-7-12-23-53(47)58)40-30-36-43(37-31-40)59-54-24-13-8-19-48(54)49-20-9-14-25-55(49)59/h3-37H,2H2,1H3/b15-3-. The molecule has 0 spiro atoms. The van der Waals surface area contributed by atoms with Gasteiger partial charge in [0.05, 0.1) is 33.3 Å². The van der Waals surface area contributed by atoms with Crippen LogP contribution in [0.25, 0.3) is 83.7 Å². The first-order valence-electron chi connectivity index (χ1n) is 20.2. The number of aromatic nitrogens is 3. The summed E-state index contributed by atoms with van der Waals surface area (Å²) in [4.78, 5) is 2.35. The second kappa shape index (κ2) is 14.0. The minimum absolute atomic E-state index is 1.06. The summed E-state index contributed by atoms with van der Waals surface area (Å²) in [5.74, 6) is 0. The van der Waals surface area contributed by atoms with Crippen molar-refractivity contribution in [2.45, 2.75) is 6.92 Å². The first-order valence-corrected chi connectivity index (χ1v) is 20.2. The maximum atomic E-state index is 4.23. The van der Waals surface area contributed by atoms with Crippen LogP contribution in [-0.2, 0) is 0 Å². The van der Waals surface area contributed by atoms with Crippen LogP contribution >= 0.6 is 0 Å². The molecule has 0 atom stereocenters. The van der Waals surface area contributed by atoms with Gasteiger partial charge in [-0.15, -0.1) is 0 Å². The molecule has 11 rings (SSSR count). The van der Waals surface area contributed by atoms with Crippen molar-refractivity contribution < 1.29 is 0 Å². The van der Waals surface area contributed by atoms with Gasteiger partial charge in [-0.25, -0.2) is 0 Å². The predicted molar refractivity (Wildman–Crippen MR) is 251 cm³/mol. The average molecular weight is 757 g/mol. The zero-order valence-electron chi connectivity index (χ0n) is 32.7. The Hall–Kier alpha value is -7.82. The highest BCUT2D eigenvalue weighted by Crippen LogP contribution is 2.40. The highest BCUT2D eigenvalue weighted by molar-refractivity contribution is 6.10. The van der Waals surface area contributed by atoms with E-state index in [9.17, 15) is 0 Å². The molecule has 0 aliphatic rings. The molecule has 8 aromatic carbocycles. The molecule has 3 heterocycles. The molecule has 0 N–H and O–H groups in total. The molecule has 0 bridgehead atoms. The fourth-order valence-corrected chi connectivity index (χ4v) is 9.21. The van der Waals surface area contributed by atoms with Crippen molar-refractivity contribution >= 4 is 83.7 Å². The molecule has 0 unspecified atom stereocenters. The fourth-order valence-electron chi connectivity index (χ4n) is 9.21. The Morgan fingerprint density at radius 2 is 0.678 bits per heavy atom. The summed E-state index contributed by atoms with van der Waals surface area (Å²) < 4.78 is 7.05. The number of anilines is 3. The zero-order valence-corrected chi connectivity index (χ0v) is 32.7. The summed E-state index contributed by atoms with van der Waals surface area (Å²) >= 11 is 0. The van der Waals surface area contributed by atoms with Crippen LogP contribution < -0.4 is 4.90 Å². The molecule has 0 fully saturated rings. The van der Waals surface area contributed by atoms with Crippen LogP contribution in [0.15, 0.2) is 207 Å². The summed E-state index contributed by atoms with van der Waals surface area (Å²) in [5.41, 5.74) is 14.7. The highest BCUT2D eigenvalue weighted by Gasteiger charge is 2.19. The number of hydrogen-bond donors (Lipinski definition) is 0. The minimum Gasteiger partial charge on any atom is -0.310 e. The third kappa shape index (κ3) is 5.45. The van der Waals surface area contributed by atoms with Crippen molar-refractivity contribution in [3.8, 4) is 17.1 Å². The normalized spacial score (nSPS) is 11.8. The van der Waals surface area contributed by atoms with Gasteiger partial charge >= 0.3 is 0 Å². The molecule has 0 radical (unpaired) electrons.